The van der Waals surface area contributed by atoms with Crippen LogP contribution in [0.15, 0.2) is 17.4 Å². The highest BCUT2D eigenvalue weighted by molar-refractivity contribution is 8.00. The molecule has 0 bridgehead atoms. The van der Waals surface area contributed by atoms with Crippen molar-refractivity contribution >= 4 is 39.3 Å². The molecule has 0 saturated carbocycles. The van der Waals surface area contributed by atoms with Crippen molar-refractivity contribution in [1.29, 1.82) is 0 Å². The summed E-state index contributed by atoms with van der Waals surface area (Å²) in [6.45, 7) is 3.92. The summed E-state index contributed by atoms with van der Waals surface area (Å²) in [6, 6.07) is 2.05. The Balaban J connectivity index is 2.26. The molecule has 0 aromatic carbocycles. The third-order valence-corrected chi connectivity index (χ3v) is 4.27. The molecule has 2 rings (SSSR count). The molecule has 2 heterocycles. The Morgan fingerprint density at radius 1 is 1.59 bits per heavy atom. The average molecular weight is 268 g/mol. The van der Waals surface area contributed by atoms with E-state index in [4.69, 9.17) is 5.11 Å². The molecule has 0 fully saturated rings. The van der Waals surface area contributed by atoms with E-state index in [0.717, 1.165) is 15.2 Å². The minimum Gasteiger partial charge on any atom is -0.481 e. The van der Waals surface area contributed by atoms with Crippen molar-refractivity contribution in [3.8, 4) is 0 Å². The third kappa shape index (κ3) is 2.95. The summed E-state index contributed by atoms with van der Waals surface area (Å²) in [5.74, 6) is -0.781. The number of rotatable bonds is 4. The molecular formula is C11H12N2O2S2. The maximum absolute atomic E-state index is 10.6. The van der Waals surface area contributed by atoms with Crippen LogP contribution in [0, 0.1) is 6.92 Å². The van der Waals surface area contributed by atoms with E-state index in [-0.39, 0.29) is 11.7 Å². The van der Waals surface area contributed by atoms with Crippen LogP contribution in [-0.4, -0.2) is 26.3 Å². The van der Waals surface area contributed by atoms with Gasteiger partial charge in [-0.1, -0.05) is 6.92 Å². The number of hydrogen-bond donors (Lipinski definition) is 1. The van der Waals surface area contributed by atoms with Crippen molar-refractivity contribution < 1.29 is 9.90 Å². The van der Waals surface area contributed by atoms with Crippen molar-refractivity contribution in [3.05, 3.63) is 17.3 Å². The summed E-state index contributed by atoms with van der Waals surface area (Å²) < 4.78 is 0. The fourth-order valence-electron chi connectivity index (χ4n) is 1.53. The lowest BCUT2D eigenvalue weighted by Gasteiger charge is -2.07. The molecule has 90 valence electrons. The first-order valence-electron chi connectivity index (χ1n) is 5.16. The summed E-state index contributed by atoms with van der Waals surface area (Å²) in [7, 11) is 0. The maximum atomic E-state index is 10.6. The zero-order valence-electron chi connectivity index (χ0n) is 9.51. The Bertz CT molecular complexity index is 553. The van der Waals surface area contributed by atoms with E-state index < -0.39 is 5.97 Å². The van der Waals surface area contributed by atoms with Gasteiger partial charge in [-0.25, -0.2) is 9.97 Å². The number of aromatic nitrogens is 2. The minimum absolute atomic E-state index is 0.00538. The summed E-state index contributed by atoms with van der Waals surface area (Å²) >= 11 is 3.12. The van der Waals surface area contributed by atoms with E-state index in [1.807, 2.05) is 13.8 Å². The first kappa shape index (κ1) is 12.3. The molecule has 1 atom stereocenters. The fourth-order valence-corrected chi connectivity index (χ4v) is 3.44. The van der Waals surface area contributed by atoms with Gasteiger partial charge >= 0.3 is 5.97 Å². The summed E-state index contributed by atoms with van der Waals surface area (Å²) in [6.07, 6.45) is 1.67. The van der Waals surface area contributed by atoms with Gasteiger partial charge in [0.25, 0.3) is 0 Å². The van der Waals surface area contributed by atoms with Crippen LogP contribution < -0.4 is 0 Å². The number of thioether (sulfide) groups is 1. The van der Waals surface area contributed by atoms with Crippen LogP contribution in [0.3, 0.4) is 0 Å². The Hall–Kier alpha value is -1.14. The number of carboxylic acid groups (broad SMARTS) is 1. The summed E-state index contributed by atoms with van der Waals surface area (Å²) in [5.41, 5.74) is 0. The molecule has 2 aromatic heterocycles. The Morgan fingerprint density at radius 2 is 2.35 bits per heavy atom. The SMILES string of the molecule is Cc1cc2c(SC(C)CC(=O)O)ncnc2s1. The number of aryl methyl sites for hydroxylation is 1. The van der Waals surface area contributed by atoms with Crippen molar-refractivity contribution in [1.82, 2.24) is 9.97 Å². The van der Waals surface area contributed by atoms with Crippen LogP contribution in [0.4, 0.5) is 0 Å². The van der Waals surface area contributed by atoms with Crippen molar-refractivity contribution in [2.45, 2.75) is 30.5 Å². The number of nitrogens with zero attached hydrogens (tertiary/aromatic N) is 2. The molecule has 1 unspecified atom stereocenters. The second-order valence-electron chi connectivity index (χ2n) is 3.78. The van der Waals surface area contributed by atoms with Crippen LogP contribution in [0.1, 0.15) is 18.2 Å². The topological polar surface area (TPSA) is 63.1 Å². The van der Waals surface area contributed by atoms with Gasteiger partial charge in [-0.3, -0.25) is 4.79 Å². The number of hydrogen-bond acceptors (Lipinski definition) is 5. The highest BCUT2D eigenvalue weighted by atomic mass is 32.2. The van der Waals surface area contributed by atoms with Gasteiger partial charge in [0.1, 0.15) is 16.2 Å². The van der Waals surface area contributed by atoms with Crippen LogP contribution in [0.25, 0.3) is 10.2 Å². The van der Waals surface area contributed by atoms with Gasteiger partial charge < -0.3 is 5.11 Å². The highest BCUT2D eigenvalue weighted by Crippen LogP contribution is 2.32. The second-order valence-corrected chi connectivity index (χ2v) is 6.44. The van der Waals surface area contributed by atoms with Crippen LogP contribution in [-0.2, 0) is 4.79 Å². The van der Waals surface area contributed by atoms with Gasteiger partial charge in [0, 0.05) is 15.5 Å². The fraction of sp³-hybridized carbons (Fsp3) is 0.364. The number of fused-ring (bicyclic) bond motifs is 1. The van der Waals surface area contributed by atoms with Gasteiger partial charge in [-0.15, -0.1) is 23.1 Å². The van der Waals surface area contributed by atoms with Crippen molar-refractivity contribution in [2.24, 2.45) is 0 Å². The van der Waals surface area contributed by atoms with E-state index in [1.165, 1.54) is 23.0 Å². The second kappa shape index (κ2) is 5.01. The first-order valence-corrected chi connectivity index (χ1v) is 6.85. The molecule has 0 amide bonds. The highest BCUT2D eigenvalue weighted by Gasteiger charge is 2.13. The molecule has 6 heteroatoms. The molecule has 0 aliphatic carbocycles. The normalized spacial score (nSPS) is 12.8. The Kier molecular flexibility index (Phi) is 3.63. The Morgan fingerprint density at radius 3 is 3.06 bits per heavy atom. The lowest BCUT2D eigenvalue weighted by atomic mass is 10.3. The van der Waals surface area contributed by atoms with E-state index in [1.54, 1.807) is 11.3 Å². The molecule has 17 heavy (non-hydrogen) atoms. The van der Waals surface area contributed by atoms with Crippen molar-refractivity contribution in [2.75, 3.05) is 0 Å². The van der Waals surface area contributed by atoms with Gasteiger partial charge in [-0.2, -0.15) is 0 Å². The molecule has 0 saturated heterocycles. The molecule has 2 aromatic rings. The lowest BCUT2D eigenvalue weighted by Crippen LogP contribution is -2.05. The molecule has 0 spiro atoms. The van der Waals surface area contributed by atoms with Gasteiger partial charge in [0.15, 0.2) is 0 Å². The number of carbonyl (C=O) groups is 1. The summed E-state index contributed by atoms with van der Waals surface area (Å²) in [4.78, 5) is 21.2. The van der Waals surface area contributed by atoms with E-state index in [9.17, 15) is 4.79 Å². The van der Waals surface area contributed by atoms with Crippen LogP contribution in [0.2, 0.25) is 0 Å². The van der Waals surface area contributed by atoms with Crippen molar-refractivity contribution in [3.63, 3.8) is 0 Å². The molecule has 0 aliphatic rings. The number of thiophene rings is 1. The van der Waals surface area contributed by atoms with E-state index >= 15 is 0 Å². The molecule has 0 radical (unpaired) electrons. The zero-order valence-corrected chi connectivity index (χ0v) is 11.1. The minimum atomic E-state index is -0.781. The predicted molar refractivity (Wildman–Crippen MR) is 69.7 cm³/mol. The van der Waals surface area contributed by atoms with E-state index in [0.29, 0.717) is 0 Å². The van der Waals surface area contributed by atoms with Gasteiger partial charge in [0.2, 0.25) is 0 Å². The average Bonchev–Trinajstić information content (AvgIpc) is 2.58. The lowest BCUT2D eigenvalue weighted by molar-refractivity contribution is -0.136. The summed E-state index contributed by atoms with van der Waals surface area (Å²) in [5, 5.41) is 10.6. The largest absolute Gasteiger partial charge is 0.481 e. The third-order valence-electron chi connectivity index (χ3n) is 2.19. The molecule has 0 aliphatic heterocycles. The Labute approximate surface area is 107 Å². The predicted octanol–water partition coefficient (Wildman–Crippen LogP) is 2.96. The number of aliphatic carboxylic acids is 1. The maximum Gasteiger partial charge on any atom is 0.304 e. The smallest absolute Gasteiger partial charge is 0.304 e. The monoisotopic (exact) mass is 268 g/mol. The molecule has 1 N–H and O–H groups in total. The van der Waals surface area contributed by atoms with Gasteiger partial charge in [-0.05, 0) is 13.0 Å². The standard InChI is InChI=1S/C11H12N2O2S2/c1-6-3-8-10(16-6)12-5-13-11(8)17-7(2)4-9(14)15/h3,5,7H,4H2,1-2H3,(H,14,15). The zero-order chi connectivity index (χ0) is 12.4. The number of carboxylic acids is 1. The van der Waals surface area contributed by atoms with Crippen LogP contribution >= 0.6 is 23.1 Å². The van der Waals surface area contributed by atoms with Gasteiger partial charge in [0.05, 0.1) is 6.42 Å². The molecular weight excluding hydrogens is 256 g/mol. The van der Waals surface area contributed by atoms with Crippen LogP contribution in [0.5, 0.6) is 0 Å². The molecule has 4 nitrogen and oxygen atoms in total. The van der Waals surface area contributed by atoms with E-state index in [2.05, 4.69) is 16.0 Å². The first-order chi connectivity index (χ1) is 8.06. The quantitative estimate of drug-likeness (QED) is 0.682.